The summed E-state index contributed by atoms with van der Waals surface area (Å²) in [4.78, 5) is 5.13. The van der Waals surface area contributed by atoms with Gasteiger partial charge in [-0.05, 0) is 11.8 Å². The standard InChI is InChI=1S/C9H15NO3/c1-6(2)8-5-7(13-10-8)3-4-9(11)12/h6-12H,5H2,1-2H3/t7-,8+/m0/s1. The first-order valence-electron chi connectivity index (χ1n) is 4.38. The van der Waals surface area contributed by atoms with E-state index in [1.807, 2.05) is 0 Å². The Morgan fingerprint density at radius 3 is 2.62 bits per heavy atom. The molecule has 74 valence electrons. The van der Waals surface area contributed by atoms with Gasteiger partial charge < -0.3 is 10.2 Å². The van der Waals surface area contributed by atoms with Gasteiger partial charge in [-0.1, -0.05) is 19.8 Å². The zero-order valence-corrected chi connectivity index (χ0v) is 7.82. The molecule has 0 aromatic rings. The average Bonchev–Trinajstić information content (AvgIpc) is 2.48. The number of aliphatic hydroxyl groups is 2. The Labute approximate surface area is 77.9 Å². The van der Waals surface area contributed by atoms with Crippen LogP contribution in [0.25, 0.3) is 0 Å². The SMILES string of the molecule is CC(C)[C@H]1C[C@H](C#CC(O)O)ON1. The summed E-state index contributed by atoms with van der Waals surface area (Å²) in [5.41, 5.74) is 2.86. The van der Waals surface area contributed by atoms with Crippen molar-refractivity contribution < 1.29 is 15.1 Å². The zero-order valence-electron chi connectivity index (χ0n) is 7.82. The third kappa shape index (κ3) is 3.33. The van der Waals surface area contributed by atoms with Gasteiger partial charge in [0.05, 0.1) is 0 Å². The molecule has 13 heavy (non-hydrogen) atoms. The molecule has 4 nitrogen and oxygen atoms in total. The molecule has 0 aliphatic carbocycles. The topological polar surface area (TPSA) is 61.7 Å². The quantitative estimate of drug-likeness (QED) is 0.385. The number of hydrogen-bond acceptors (Lipinski definition) is 4. The molecule has 1 rings (SSSR count). The van der Waals surface area contributed by atoms with E-state index in [0.29, 0.717) is 12.0 Å². The van der Waals surface area contributed by atoms with Gasteiger partial charge in [0.25, 0.3) is 0 Å². The number of aliphatic hydroxyl groups excluding tert-OH is 1. The third-order valence-electron chi connectivity index (χ3n) is 2.01. The van der Waals surface area contributed by atoms with Crippen LogP contribution in [-0.2, 0) is 4.84 Å². The molecule has 1 fully saturated rings. The summed E-state index contributed by atoms with van der Waals surface area (Å²) in [6, 6.07) is 0.301. The van der Waals surface area contributed by atoms with E-state index in [9.17, 15) is 0 Å². The van der Waals surface area contributed by atoms with Crippen LogP contribution in [0.4, 0.5) is 0 Å². The van der Waals surface area contributed by atoms with Crippen LogP contribution in [0.5, 0.6) is 0 Å². The fourth-order valence-electron chi connectivity index (χ4n) is 1.16. The highest BCUT2D eigenvalue weighted by atomic mass is 16.7. The Morgan fingerprint density at radius 2 is 2.15 bits per heavy atom. The first-order chi connectivity index (χ1) is 6.09. The van der Waals surface area contributed by atoms with E-state index in [-0.39, 0.29) is 6.10 Å². The van der Waals surface area contributed by atoms with E-state index < -0.39 is 6.29 Å². The Bertz CT molecular complexity index is 217. The van der Waals surface area contributed by atoms with Gasteiger partial charge in [-0.3, -0.25) is 4.84 Å². The molecule has 1 aliphatic rings. The van der Waals surface area contributed by atoms with Gasteiger partial charge in [0.15, 0.2) is 0 Å². The smallest absolute Gasteiger partial charge is 0.217 e. The maximum Gasteiger partial charge on any atom is 0.217 e. The summed E-state index contributed by atoms with van der Waals surface area (Å²) in [5.74, 6) is 5.37. The van der Waals surface area contributed by atoms with Crippen molar-refractivity contribution in [3.05, 3.63) is 0 Å². The lowest BCUT2D eigenvalue weighted by atomic mass is 10.0. The zero-order chi connectivity index (χ0) is 9.84. The minimum absolute atomic E-state index is 0.228. The van der Waals surface area contributed by atoms with Gasteiger partial charge in [-0.25, -0.2) is 0 Å². The van der Waals surface area contributed by atoms with Crippen molar-refractivity contribution in [2.24, 2.45) is 5.92 Å². The number of nitrogens with one attached hydrogen (secondary N) is 1. The van der Waals surface area contributed by atoms with Crippen molar-refractivity contribution in [1.82, 2.24) is 5.48 Å². The summed E-state index contributed by atoms with van der Waals surface area (Å²) in [6.07, 6.45) is -1.01. The van der Waals surface area contributed by atoms with Crippen LogP contribution in [0.15, 0.2) is 0 Å². The van der Waals surface area contributed by atoms with Crippen LogP contribution >= 0.6 is 0 Å². The lowest BCUT2D eigenvalue weighted by Gasteiger charge is -2.10. The van der Waals surface area contributed by atoms with Crippen LogP contribution in [-0.4, -0.2) is 28.6 Å². The maximum atomic E-state index is 8.49. The number of rotatable bonds is 1. The molecule has 0 aromatic carbocycles. The van der Waals surface area contributed by atoms with Gasteiger partial charge in [0.2, 0.25) is 6.29 Å². The van der Waals surface area contributed by atoms with Crippen LogP contribution in [0.3, 0.4) is 0 Å². The van der Waals surface area contributed by atoms with Crippen LogP contribution < -0.4 is 5.48 Å². The summed E-state index contributed by atoms with van der Waals surface area (Å²) >= 11 is 0. The predicted octanol–water partition coefficient (Wildman–Crippen LogP) is -0.381. The molecular formula is C9H15NO3. The molecule has 1 saturated heterocycles. The van der Waals surface area contributed by atoms with Gasteiger partial charge >= 0.3 is 0 Å². The summed E-state index contributed by atoms with van der Waals surface area (Å²) in [6.45, 7) is 4.19. The molecule has 0 unspecified atom stereocenters. The molecule has 0 amide bonds. The molecule has 0 saturated carbocycles. The molecule has 0 bridgehead atoms. The van der Waals surface area contributed by atoms with Crippen molar-refractivity contribution in [2.45, 2.75) is 38.7 Å². The van der Waals surface area contributed by atoms with Crippen LogP contribution in [0.2, 0.25) is 0 Å². The minimum Gasteiger partial charge on any atom is -0.358 e. The average molecular weight is 185 g/mol. The molecule has 3 N–H and O–H groups in total. The van der Waals surface area contributed by atoms with Crippen molar-refractivity contribution in [3.63, 3.8) is 0 Å². The second kappa shape index (κ2) is 4.58. The molecule has 4 heteroatoms. The van der Waals surface area contributed by atoms with Gasteiger partial charge in [0.1, 0.15) is 6.10 Å². The summed E-state index contributed by atoms with van der Waals surface area (Å²) in [5, 5.41) is 17.0. The first-order valence-corrected chi connectivity index (χ1v) is 4.38. The Balaban J connectivity index is 2.38. The van der Waals surface area contributed by atoms with Gasteiger partial charge in [-0.15, -0.1) is 0 Å². The molecule has 0 radical (unpaired) electrons. The molecule has 1 heterocycles. The highest BCUT2D eigenvalue weighted by molar-refractivity contribution is 5.08. The largest absolute Gasteiger partial charge is 0.358 e. The van der Waals surface area contributed by atoms with E-state index in [1.165, 1.54) is 0 Å². The van der Waals surface area contributed by atoms with E-state index in [4.69, 9.17) is 15.1 Å². The monoisotopic (exact) mass is 185 g/mol. The molecule has 0 aromatic heterocycles. The number of hydrogen-bond donors (Lipinski definition) is 3. The summed E-state index contributed by atoms with van der Waals surface area (Å²) < 4.78 is 0. The molecule has 0 spiro atoms. The first kappa shape index (κ1) is 10.5. The van der Waals surface area contributed by atoms with E-state index in [0.717, 1.165) is 6.42 Å². The normalized spacial score (nSPS) is 27.8. The Morgan fingerprint density at radius 1 is 1.46 bits per heavy atom. The van der Waals surface area contributed by atoms with Crippen molar-refractivity contribution in [2.75, 3.05) is 0 Å². The van der Waals surface area contributed by atoms with Crippen molar-refractivity contribution >= 4 is 0 Å². The van der Waals surface area contributed by atoms with E-state index >= 15 is 0 Å². The molecule has 2 atom stereocenters. The Hall–Kier alpha value is -0.600. The van der Waals surface area contributed by atoms with E-state index in [2.05, 4.69) is 31.2 Å². The van der Waals surface area contributed by atoms with Crippen molar-refractivity contribution in [1.29, 1.82) is 0 Å². The Kier molecular flexibility index (Phi) is 3.70. The molecular weight excluding hydrogens is 170 g/mol. The second-order valence-electron chi connectivity index (χ2n) is 3.47. The fourth-order valence-corrected chi connectivity index (χ4v) is 1.16. The third-order valence-corrected chi connectivity index (χ3v) is 2.01. The lowest BCUT2D eigenvalue weighted by Crippen LogP contribution is -2.25. The fraction of sp³-hybridized carbons (Fsp3) is 0.778. The maximum absolute atomic E-state index is 8.49. The van der Waals surface area contributed by atoms with Crippen LogP contribution in [0.1, 0.15) is 20.3 Å². The molecule has 1 aliphatic heterocycles. The highest BCUT2D eigenvalue weighted by Gasteiger charge is 2.25. The lowest BCUT2D eigenvalue weighted by molar-refractivity contribution is 0.00958. The van der Waals surface area contributed by atoms with E-state index in [1.54, 1.807) is 0 Å². The predicted molar refractivity (Wildman–Crippen MR) is 47.3 cm³/mol. The van der Waals surface area contributed by atoms with Gasteiger partial charge in [0, 0.05) is 12.5 Å². The highest BCUT2D eigenvalue weighted by Crippen LogP contribution is 2.16. The second-order valence-corrected chi connectivity index (χ2v) is 3.47. The summed E-state index contributed by atoms with van der Waals surface area (Å²) in [7, 11) is 0. The minimum atomic E-state index is -1.57. The number of hydroxylamine groups is 1. The van der Waals surface area contributed by atoms with Gasteiger partial charge in [-0.2, -0.15) is 5.48 Å². The van der Waals surface area contributed by atoms with Crippen LogP contribution in [0, 0.1) is 17.8 Å². The van der Waals surface area contributed by atoms with Crippen molar-refractivity contribution in [3.8, 4) is 11.8 Å².